The first-order valence-electron chi connectivity index (χ1n) is 7.42. The highest BCUT2D eigenvalue weighted by Gasteiger charge is 2.18. The molecule has 4 nitrogen and oxygen atoms in total. The zero-order valence-corrected chi connectivity index (χ0v) is 13.6. The van der Waals surface area contributed by atoms with E-state index in [4.69, 9.17) is 27.4 Å². The first-order valence-corrected chi connectivity index (χ1v) is 7.83. The lowest BCUT2D eigenvalue weighted by atomic mass is 10.0. The molecule has 1 fully saturated rings. The summed E-state index contributed by atoms with van der Waals surface area (Å²) in [6.07, 6.45) is 4.93. The molecule has 116 valence electrons. The highest BCUT2D eigenvalue weighted by atomic mass is 32.1. The Morgan fingerprint density at radius 3 is 2.86 bits per heavy atom. The van der Waals surface area contributed by atoms with Crippen molar-refractivity contribution in [2.24, 2.45) is 5.73 Å². The molecule has 2 N–H and O–H groups in total. The molecule has 0 aliphatic carbocycles. The number of hydrogen-bond donors (Lipinski definition) is 1. The zero-order valence-electron chi connectivity index (χ0n) is 12.8. The van der Waals surface area contributed by atoms with Gasteiger partial charge in [-0.2, -0.15) is 0 Å². The van der Waals surface area contributed by atoms with Crippen molar-refractivity contribution in [3.8, 4) is 11.5 Å². The van der Waals surface area contributed by atoms with Crippen molar-refractivity contribution in [2.45, 2.75) is 31.7 Å². The Balaban J connectivity index is 1.91. The molecular weight excluding hydrogens is 284 g/mol. The summed E-state index contributed by atoms with van der Waals surface area (Å²) < 4.78 is 11.2. The lowest BCUT2D eigenvalue weighted by molar-refractivity contribution is 0.152. The van der Waals surface area contributed by atoms with Crippen LogP contribution in [-0.4, -0.2) is 43.2 Å². The van der Waals surface area contributed by atoms with Crippen molar-refractivity contribution in [2.75, 3.05) is 27.3 Å². The van der Waals surface area contributed by atoms with Crippen molar-refractivity contribution in [3.05, 3.63) is 23.8 Å². The maximum atomic E-state index is 5.88. The molecule has 0 bridgehead atoms. The van der Waals surface area contributed by atoms with Gasteiger partial charge in [-0.05, 0) is 51.1 Å². The summed E-state index contributed by atoms with van der Waals surface area (Å²) in [5, 5.41) is 0. The highest BCUT2D eigenvalue weighted by Crippen LogP contribution is 2.28. The minimum atomic E-state index is 0.365. The Labute approximate surface area is 132 Å². The van der Waals surface area contributed by atoms with Gasteiger partial charge < -0.3 is 20.1 Å². The zero-order chi connectivity index (χ0) is 15.2. The Morgan fingerprint density at radius 2 is 2.19 bits per heavy atom. The second-order valence-electron chi connectivity index (χ2n) is 5.50. The van der Waals surface area contributed by atoms with E-state index in [2.05, 4.69) is 11.9 Å². The molecule has 0 spiro atoms. The molecular formula is C16H24N2O2S. The topological polar surface area (TPSA) is 47.7 Å². The number of hydrogen-bond acceptors (Lipinski definition) is 4. The van der Waals surface area contributed by atoms with Gasteiger partial charge in [-0.1, -0.05) is 18.6 Å². The van der Waals surface area contributed by atoms with Crippen molar-refractivity contribution < 1.29 is 9.47 Å². The standard InChI is InChI=1S/C16H24N2O2S/c1-18-9-4-3-5-13(18)8-10-20-14-7-6-12(16(17)21)11-15(14)19-2/h6-7,11,13H,3-5,8-10H2,1-2H3,(H2,17,21). The molecule has 1 atom stereocenters. The number of likely N-dealkylation sites (tertiary alicyclic amines) is 1. The van der Waals surface area contributed by atoms with Gasteiger partial charge in [-0.15, -0.1) is 0 Å². The second-order valence-corrected chi connectivity index (χ2v) is 5.94. The molecule has 0 saturated carbocycles. The number of ether oxygens (including phenoxy) is 2. The second kappa shape index (κ2) is 7.61. The predicted molar refractivity (Wildman–Crippen MR) is 89.3 cm³/mol. The quantitative estimate of drug-likeness (QED) is 0.819. The summed E-state index contributed by atoms with van der Waals surface area (Å²) in [5.74, 6) is 1.42. The maximum absolute atomic E-state index is 5.88. The van der Waals surface area contributed by atoms with Crippen LogP contribution in [0.2, 0.25) is 0 Å². The van der Waals surface area contributed by atoms with E-state index >= 15 is 0 Å². The van der Waals surface area contributed by atoms with E-state index in [9.17, 15) is 0 Å². The van der Waals surface area contributed by atoms with Gasteiger partial charge in [0.25, 0.3) is 0 Å². The normalized spacial score (nSPS) is 19.2. The molecule has 0 aromatic heterocycles. The molecule has 21 heavy (non-hydrogen) atoms. The molecule has 1 aromatic carbocycles. The average molecular weight is 308 g/mol. The SMILES string of the molecule is COc1cc(C(N)=S)ccc1OCCC1CCCCN1C. The molecule has 1 aromatic rings. The van der Waals surface area contributed by atoms with Crippen LogP contribution in [0.25, 0.3) is 0 Å². The number of nitrogens with zero attached hydrogens (tertiary/aromatic N) is 1. The van der Waals surface area contributed by atoms with E-state index in [1.165, 1.54) is 25.8 Å². The van der Waals surface area contributed by atoms with Gasteiger partial charge in [0, 0.05) is 11.6 Å². The summed E-state index contributed by atoms with van der Waals surface area (Å²) in [7, 11) is 3.82. The van der Waals surface area contributed by atoms with Crippen LogP contribution in [0.4, 0.5) is 0 Å². The Kier molecular flexibility index (Phi) is 5.82. The molecule has 1 heterocycles. The summed E-state index contributed by atoms with van der Waals surface area (Å²) in [4.78, 5) is 2.80. The summed E-state index contributed by atoms with van der Waals surface area (Å²) >= 11 is 4.97. The van der Waals surface area contributed by atoms with E-state index in [0.29, 0.717) is 23.4 Å². The van der Waals surface area contributed by atoms with Crippen LogP contribution in [-0.2, 0) is 0 Å². The summed E-state index contributed by atoms with van der Waals surface area (Å²) in [6, 6.07) is 6.19. The summed E-state index contributed by atoms with van der Waals surface area (Å²) in [6.45, 7) is 1.88. The van der Waals surface area contributed by atoms with E-state index < -0.39 is 0 Å². The van der Waals surface area contributed by atoms with E-state index in [0.717, 1.165) is 17.7 Å². The van der Waals surface area contributed by atoms with Crippen molar-refractivity contribution >= 4 is 17.2 Å². The molecule has 1 saturated heterocycles. The van der Waals surface area contributed by atoms with Crippen LogP contribution in [0.15, 0.2) is 18.2 Å². The third kappa shape index (κ3) is 4.32. The largest absolute Gasteiger partial charge is 0.493 e. The maximum Gasteiger partial charge on any atom is 0.161 e. The van der Waals surface area contributed by atoms with E-state index in [1.807, 2.05) is 18.2 Å². The molecule has 0 radical (unpaired) electrons. The van der Waals surface area contributed by atoms with Gasteiger partial charge in [-0.3, -0.25) is 0 Å². The lowest BCUT2D eigenvalue weighted by Gasteiger charge is -2.32. The minimum Gasteiger partial charge on any atom is -0.493 e. The fraction of sp³-hybridized carbons (Fsp3) is 0.562. The third-order valence-corrected chi connectivity index (χ3v) is 4.31. The van der Waals surface area contributed by atoms with Crippen LogP contribution in [0, 0.1) is 0 Å². The molecule has 0 amide bonds. The Morgan fingerprint density at radius 1 is 1.38 bits per heavy atom. The van der Waals surface area contributed by atoms with Gasteiger partial charge >= 0.3 is 0 Å². The van der Waals surface area contributed by atoms with Crippen LogP contribution in [0.5, 0.6) is 11.5 Å². The Bertz CT molecular complexity index is 493. The van der Waals surface area contributed by atoms with Crippen LogP contribution < -0.4 is 15.2 Å². The van der Waals surface area contributed by atoms with Crippen LogP contribution >= 0.6 is 12.2 Å². The molecule has 1 aliphatic heterocycles. The number of rotatable bonds is 6. The third-order valence-electron chi connectivity index (χ3n) is 4.08. The predicted octanol–water partition coefficient (Wildman–Crippen LogP) is 2.58. The molecule has 5 heteroatoms. The minimum absolute atomic E-state index is 0.365. The van der Waals surface area contributed by atoms with Gasteiger partial charge in [0.05, 0.1) is 13.7 Å². The number of thiocarbonyl (C=S) groups is 1. The highest BCUT2D eigenvalue weighted by molar-refractivity contribution is 7.80. The molecule has 2 rings (SSSR count). The van der Waals surface area contributed by atoms with Crippen molar-refractivity contribution in [3.63, 3.8) is 0 Å². The van der Waals surface area contributed by atoms with Gasteiger partial charge in [0.2, 0.25) is 0 Å². The van der Waals surface area contributed by atoms with E-state index in [-0.39, 0.29) is 0 Å². The van der Waals surface area contributed by atoms with Crippen molar-refractivity contribution in [1.29, 1.82) is 0 Å². The first kappa shape index (κ1) is 16.0. The average Bonchev–Trinajstić information content (AvgIpc) is 2.49. The molecule has 1 aliphatic rings. The van der Waals surface area contributed by atoms with Gasteiger partial charge in [0.1, 0.15) is 4.99 Å². The van der Waals surface area contributed by atoms with Crippen LogP contribution in [0.1, 0.15) is 31.2 Å². The fourth-order valence-electron chi connectivity index (χ4n) is 2.75. The number of piperidine rings is 1. The molecule has 1 unspecified atom stereocenters. The fourth-order valence-corrected chi connectivity index (χ4v) is 2.88. The number of benzene rings is 1. The monoisotopic (exact) mass is 308 g/mol. The summed E-state index contributed by atoms with van der Waals surface area (Å²) in [5.41, 5.74) is 6.42. The first-order chi connectivity index (χ1) is 10.1. The van der Waals surface area contributed by atoms with Gasteiger partial charge in [-0.25, -0.2) is 0 Å². The van der Waals surface area contributed by atoms with Gasteiger partial charge in [0.15, 0.2) is 11.5 Å². The smallest absolute Gasteiger partial charge is 0.161 e. The number of nitrogens with two attached hydrogens (primary N) is 1. The number of methoxy groups -OCH3 is 1. The Hall–Kier alpha value is -1.33. The van der Waals surface area contributed by atoms with E-state index in [1.54, 1.807) is 7.11 Å². The van der Waals surface area contributed by atoms with Crippen LogP contribution in [0.3, 0.4) is 0 Å². The lowest BCUT2D eigenvalue weighted by Crippen LogP contribution is -2.37. The van der Waals surface area contributed by atoms with Crippen molar-refractivity contribution in [1.82, 2.24) is 4.90 Å².